The van der Waals surface area contributed by atoms with Gasteiger partial charge in [-0.15, -0.1) is 0 Å². The molecule has 0 aromatic heterocycles. The molecule has 2 aliphatic rings. The predicted octanol–water partition coefficient (Wildman–Crippen LogP) is 1.13. The quantitative estimate of drug-likeness (QED) is 0.813. The molecule has 19 heavy (non-hydrogen) atoms. The van der Waals surface area contributed by atoms with Gasteiger partial charge in [0, 0.05) is 12.5 Å². The number of hydrogen-bond donors (Lipinski definition) is 1. The Balaban J connectivity index is 1.80. The van der Waals surface area contributed by atoms with Crippen LogP contribution < -0.4 is 5.32 Å². The highest BCUT2D eigenvalue weighted by atomic mass is 16.7. The number of rotatable bonds is 5. The van der Waals surface area contributed by atoms with Crippen LogP contribution in [0.3, 0.4) is 0 Å². The second-order valence-corrected chi connectivity index (χ2v) is 5.50. The second-order valence-electron chi connectivity index (χ2n) is 5.50. The lowest BCUT2D eigenvalue weighted by atomic mass is 10.0. The summed E-state index contributed by atoms with van der Waals surface area (Å²) in [6.45, 7) is 7.66. The third-order valence-corrected chi connectivity index (χ3v) is 4.03. The summed E-state index contributed by atoms with van der Waals surface area (Å²) in [6, 6.07) is 0.297. The van der Waals surface area contributed by atoms with Crippen molar-refractivity contribution in [2.45, 2.75) is 51.4 Å². The highest BCUT2D eigenvalue weighted by Crippen LogP contribution is 2.29. The molecule has 0 aromatic carbocycles. The van der Waals surface area contributed by atoms with Crippen LogP contribution in [0, 0.1) is 0 Å². The van der Waals surface area contributed by atoms with Gasteiger partial charge in [0.05, 0.1) is 26.3 Å². The summed E-state index contributed by atoms with van der Waals surface area (Å²) in [5.41, 5.74) is 0. The third-order valence-electron chi connectivity index (χ3n) is 4.03. The molecular formula is C14H26N2O3. The summed E-state index contributed by atoms with van der Waals surface area (Å²) in [7, 11) is 0. The summed E-state index contributed by atoms with van der Waals surface area (Å²) < 4.78 is 11.4. The van der Waals surface area contributed by atoms with Gasteiger partial charge in [0.1, 0.15) is 0 Å². The topological polar surface area (TPSA) is 50.8 Å². The van der Waals surface area contributed by atoms with Gasteiger partial charge in [-0.2, -0.15) is 0 Å². The lowest BCUT2D eigenvalue weighted by Gasteiger charge is -2.38. The molecule has 1 amide bonds. The molecule has 2 fully saturated rings. The van der Waals surface area contributed by atoms with Gasteiger partial charge in [-0.3, -0.25) is 9.69 Å². The van der Waals surface area contributed by atoms with Crippen LogP contribution in [0.2, 0.25) is 0 Å². The number of likely N-dealkylation sites (tertiary alicyclic amines) is 1. The van der Waals surface area contributed by atoms with Gasteiger partial charge in [-0.1, -0.05) is 13.8 Å². The van der Waals surface area contributed by atoms with E-state index in [0.29, 0.717) is 32.3 Å². The molecule has 0 saturated carbocycles. The van der Waals surface area contributed by atoms with Crippen LogP contribution in [0.1, 0.15) is 39.5 Å². The van der Waals surface area contributed by atoms with Crippen LogP contribution in [0.15, 0.2) is 0 Å². The number of carbonyl (C=O) groups excluding carboxylic acids is 1. The first-order valence-corrected chi connectivity index (χ1v) is 7.47. The van der Waals surface area contributed by atoms with Gasteiger partial charge in [0.2, 0.25) is 5.91 Å². The summed E-state index contributed by atoms with van der Waals surface area (Å²) >= 11 is 0. The van der Waals surface area contributed by atoms with Crippen molar-refractivity contribution in [1.29, 1.82) is 0 Å². The first-order valence-electron chi connectivity index (χ1n) is 7.47. The molecule has 0 bridgehead atoms. The van der Waals surface area contributed by atoms with E-state index in [1.54, 1.807) is 0 Å². The van der Waals surface area contributed by atoms with Crippen molar-refractivity contribution in [1.82, 2.24) is 10.2 Å². The van der Waals surface area contributed by atoms with Crippen LogP contribution in [0.5, 0.6) is 0 Å². The third kappa shape index (κ3) is 3.91. The zero-order valence-electron chi connectivity index (χ0n) is 12.1. The molecule has 110 valence electrons. The summed E-state index contributed by atoms with van der Waals surface area (Å²) in [5.74, 6) is -0.322. The standard InChI is InChI=1S/C14H26N2O3/c1-3-12(4-2)15-13(17)10-16-7-5-6-14(11-16)18-8-9-19-14/h12H,3-11H2,1-2H3,(H,15,17). The van der Waals surface area contributed by atoms with Gasteiger partial charge in [0.15, 0.2) is 5.79 Å². The number of hydrogen-bond acceptors (Lipinski definition) is 4. The maximum atomic E-state index is 12.0. The van der Waals surface area contributed by atoms with Gasteiger partial charge in [-0.05, 0) is 25.8 Å². The number of ether oxygens (including phenoxy) is 2. The normalized spacial score (nSPS) is 23.1. The van der Waals surface area contributed by atoms with Crippen LogP contribution >= 0.6 is 0 Å². The van der Waals surface area contributed by atoms with E-state index in [4.69, 9.17) is 9.47 Å². The maximum Gasteiger partial charge on any atom is 0.234 e. The van der Waals surface area contributed by atoms with Crippen molar-refractivity contribution in [2.75, 3.05) is 32.8 Å². The van der Waals surface area contributed by atoms with Crippen LogP contribution in [0.4, 0.5) is 0 Å². The van der Waals surface area contributed by atoms with Crippen molar-refractivity contribution in [3.8, 4) is 0 Å². The van der Waals surface area contributed by atoms with Crippen LogP contribution in [-0.2, 0) is 14.3 Å². The Morgan fingerprint density at radius 2 is 2.00 bits per heavy atom. The molecule has 2 rings (SSSR count). The van der Waals surface area contributed by atoms with E-state index in [-0.39, 0.29) is 5.91 Å². The van der Waals surface area contributed by atoms with Crippen LogP contribution in [-0.4, -0.2) is 55.5 Å². The number of nitrogens with zero attached hydrogens (tertiary/aromatic N) is 1. The second kappa shape index (κ2) is 6.68. The summed E-state index contributed by atoms with van der Waals surface area (Å²) in [5, 5.41) is 3.08. The molecule has 0 atom stereocenters. The van der Waals surface area contributed by atoms with Crippen LogP contribution in [0.25, 0.3) is 0 Å². The predicted molar refractivity (Wildman–Crippen MR) is 72.8 cm³/mol. The Bertz CT molecular complexity index is 299. The van der Waals surface area contributed by atoms with Crippen molar-refractivity contribution in [2.24, 2.45) is 0 Å². The maximum absolute atomic E-state index is 12.0. The SMILES string of the molecule is CCC(CC)NC(=O)CN1CCCC2(C1)OCCO2. The largest absolute Gasteiger partial charge is 0.352 e. The van der Waals surface area contributed by atoms with E-state index in [1.807, 2.05) is 0 Å². The fourth-order valence-corrected chi connectivity index (χ4v) is 2.91. The van der Waals surface area contributed by atoms with Crippen molar-refractivity contribution in [3.63, 3.8) is 0 Å². The molecule has 2 aliphatic heterocycles. The van der Waals surface area contributed by atoms with Crippen molar-refractivity contribution >= 4 is 5.91 Å². The molecular weight excluding hydrogens is 244 g/mol. The van der Waals surface area contributed by atoms with E-state index in [1.165, 1.54) is 0 Å². The molecule has 0 aliphatic carbocycles. The van der Waals surface area contributed by atoms with E-state index in [2.05, 4.69) is 24.1 Å². The minimum atomic E-state index is -0.437. The molecule has 1 spiro atoms. The lowest BCUT2D eigenvalue weighted by Crippen LogP contribution is -2.52. The molecule has 2 heterocycles. The summed E-state index contributed by atoms with van der Waals surface area (Å²) in [6.07, 6.45) is 3.94. The van der Waals surface area contributed by atoms with E-state index >= 15 is 0 Å². The van der Waals surface area contributed by atoms with E-state index < -0.39 is 5.79 Å². The molecule has 5 heteroatoms. The molecule has 1 N–H and O–H groups in total. The number of nitrogens with one attached hydrogen (secondary N) is 1. The van der Waals surface area contributed by atoms with Crippen molar-refractivity contribution < 1.29 is 14.3 Å². The smallest absolute Gasteiger partial charge is 0.234 e. The average molecular weight is 270 g/mol. The molecule has 0 radical (unpaired) electrons. The number of carbonyl (C=O) groups is 1. The Labute approximate surface area is 115 Å². The number of piperidine rings is 1. The zero-order valence-corrected chi connectivity index (χ0v) is 12.1. The van der Waals surface area contributed by atoms with E-state index in [9.17, 15) is 4.79 Å². The van der Waals surface area contributed by atoms with Crippen molar-refractivity contribution in [3.05, 3.63) is 0 Å². The first kappa shape index (κ1) is 14.8. The first-order chi connectivity index (χ1) is 9.17. The monoisotopic (exact) mass is 270 g/mol. The minimum absolute atomic E-state index is 0.115. The zero-order chi connectivity index (χ0) is 13.7. The highest BCUT2D eigenvalue weighted by molar-refractivity contribution is 5.78. The Morgan fingerprint density at radius 1 is 1.32 bits per heavy atom. The Morgan fingerprint density at radius 3 is 2.63 bits per heavy atom. The molecule has 0 aromatic rings. The average Bonchev–Trinajstić information content (AvgIpc) is 2.84. The Hall–Kier alpha value is -0.650. The Kier molecular flexibility index (Phi) is 5.19. The molecule has 2 saturated heterocycles. The number of amides is 1. The fraction of sp³-hybridized carbons (Fsp3) is 0.929. The highest BCUT2D eigenvalue weighted by Gasteiger charge is 2.40. The van der Waals surface area contributed by atoms with E-state index in [0.717, 1.165) is 32.2 Å². The lowest BCUT2D eigenvalue weighted by molar-refractivity contribution is -0.189. The van der Waals surface area contributed by atoms with Gasteiger partial charge >= 0.3 is 0 Å². The minimum Gasteiger partial charge on any atom is -0.352 e. The molecule has 0 unspecified atom stereocenters. The molecule has 5 nitrogen and oxygen atoms in total. The van der Waals surface area contributed by atoms with Gasteiger partial charge in [-0.25, -0.2) is 0 Å². The van der Waals surface area contributed by atoms with Gasteiger partial charge < -0.3 is 14.8 Å². The summed E-state index contributed by atoms with van der Waals surface area (Å²) in [4.78, 5) is 14.2. The fourth-order valence-electron chi connectivity index (χ4n) is 2.91. The van der Waals surface area contributed by atoms with Gasteiger partial charge in [0.25, 0.3) is 0 Å².